The van der Waals surface area contributed by atoms with Crippen molar-refractivity contribution in [3.63, 3.8) is 0 Å². The second-order valence-electron chi connectivity index (χ2n) is 10.0. The number of alkyl halides is 3. The van der Waals surface area contributed by atoms with E-state index in [2.05, 4.69) is 26.2 Å². The number of hydrogen-bond acceptors (Lipinski definition) is 4. The molecule has 2 fully saturated rings. The molecule has 1 aliphatic carbocycles. The molecule has 6 rings (SSSR count). The zero-order chi connectivity index (χ0) is 25.9. The third-order valence-electron chi connectivity index (χ3n) is 7.68. The molecule has 1 saturated heterocycles. The average Bonchev–Trinajstić information content (AvgIpc) is 3.65. The van der Waals surface area contributed by atoms with E-state index in [-0.39, 0.29) is 11.5 Å². The normalized spacial score (nSPS) is 18.9. The van der Waals surface area contributed by atoms with Crippen LogP contribution in [0, 0.1) is 5.82 Å². The van der Waals surface area contributed by atoms with Gasteiger partial charge in [-0.15, -0.1) is 10.2 Å². The first kappa shape index (κ1) is 24.4. The summed E-state index contributed by atoms with van der Waals surface area (Å²) in [6.45, 7) is 6.07. The van der Waals surface area contributed by atoms with Crippen molar-refractivity contribution in [1.82, 2.24) is 19.7 Å². The molecule has 37 heavy (non-hydrogen) atoms. The summed E-state index contributed by atoms with van der Waals surface area (Å²) >= 11 is 6.34. The minimum Gasteiger partial charge on any atom is -0.371 e. The molecule has 0 bridgehead atoms. The summed E-state index contributed by atoms with van der Waals surface area (Å²) in [6.07, 6.45) is 0.0272. The molecule has 3 aromatic rings. The molecular weight excluding hydrogens is 506 g/mol. The van der Waals surface area contributed by atoms with Crippen LogP contribution in [0.5, 0.6) is 0 Å². The van der Waals surface area contributed by atoms with Crippen LogP contribution in [0.3, 0.4) is 0 Å². The maximum Gasteiger partial charge on any atom is 0.419 e. The van der Waals surface area contributed by atoms with Crippen molar-refractivity contribution in [2.24, 2.45) is 0 Å². The Morgan fingerprint density at radius 2 is 1.70 bits per heavy atom. The fourth-order valence-electron chi connectivity index (χ4n) is 5.74. The minimum atomic E-state index is -4.80. The van der Waals surface area contributed by atoms with Crippen molar-refractivity contribution >= 4 is 23.4 Å². The highest BCUT2D eigenvalue weighted by molar-refractivity contribution is 6.30. The zero-order valence-corrected chi connectivity index (χ0v) is 20.9. The van der Waals surface area contributed by atoms with E-state index in [9.17, 15) is 17.6 Å². The smallest absolute Gasteiger partial charge is 0.371 e. The van der Waals surface area contributed by atoms with E-state index in [0.29, 0.717) is 49.2 Å². The van der Waals surface area contributed by atoms with Crippen molar-refractivity contribution in [2.75, 3.05) is 18.0 Å². The third kappa shape index (κ3) is 4.42. The minimum absolute atomic E-state index is 0.0863. The van der Waals surface area contributed by atoms with Gasteiger partial charge in [0.15, 0.2) is 5.82 Å². The molecule has 2 aliphatic heterocycles. The molecule has 10 heteroatoms. The first-order chi connectivity index (χ1) is 17.7. The number of anilines is 1. The van der Waals surface area contributed by atoms with Crippen LogP contribution in [0.4, 0.5) is 23.2 Å². The lowest BCUT2D eigenvalue weighted by molar-refractivity contribution is -0.140. The zero-order valence-electron chi connectivity index (χ0n) is 20.1. The molecule has 1 aromatic heterocycles. The van der Waals surface area contributed by atoms with E-state index in [1.807, 2.05) is 23.1 Å². The number of benzene rings is 2. The Bertz CT molecular complexity index is 1360. The first-order valence-electron chi connectivity index (χ1n) is 12.5. The van der Waals surface area contributed by atoms with Crippen LogP contribution in [-0.4, -0.2) is 38.8 Å². The highest BCUT2D eigenvalue weighted by Crippen LogP contribution is 2.41. The van der Waals surface area contributed by atoms with Crippen LogP contribution in [-0.2, 0) is 19.3 Å². The van der Waals surface area contributed by atoms with Gasteiger partial charge in [-0.25, -0.2) is 4.39 Å². The Hall–Kier alpha value is -2.91. The molecular formula is C27H26ClF4N5. The molecule has 3 aliphatic rings. The molecule has 0 atom stereocenters. The predicted molar refractivity (Wildman–Crippen MR) is 134 cm³/mol. The Morgan fingerprint density at radius 3 is 2.38 bits per heavy atom. The summed E-state index contributed by atoms with van der Waals surface area (Å²) in [5, 5.41) is 9.87. The Labute approximate surface area is 217 Å². The van der Waals surface area contributed by atoms with E-state index < -0.39 is 17.6 Å². The summed E-state index contributed by atoms with van der Waals surface area (Å²) in [5.41, 5.74) is 1.04. The topological polar surface area (TPSA) is 37.2 Å². The molecule has 0 amide bonds. The van der Waals surface area contributed by atoms with Crippen LogP contribution in [0.2, 0.25) is 5.02 Å². The van der Waals surface area contributed by atoms with Gasteiger partial charge < -0.3 is 4.90 Å². The van der Waals surface area contributed by atoms with E-state index in [1.165, 1.54) is 18.9 Å². The van der Waals surface area contributed by atoms with E-state index in [0.717, 1.165) is 41.6 Å². The number of halogens is 5. The van der Waals surface area contributed by atoms with Gasteiger partial charge >= 0.3 is 6.18 Å². The molecule has 5 nitrogen and oxygen atoms in total. The molecule has 194 valence electrons. The largest absolute Gasteiger partial charge is 0.419 e. The summed E-state index contributed by atoms with van der Waals surface area (Å²) in [6, 6.07) is 8.77. The number of nitrogens with zero attached hydrogens (tertiary/aromatic N) is 5. The molecule has 0 radical (unpaired) electrons. The summed E-state index contributed by atoms with van der Waals surface area (Å²) in [5.74, 6) is 0.567. The number of aromatic nitrogens is 3. The quantitative estimate of drug-likeness (QED) is 0.356. The fraction of sp³-hybridized carbons (Fsp3) is 0.407. The molecule has 0 N–H and O–H groups in total. The van der Waals surface area contributed by atoms with E-state index >= 15 is 0 Å². The highest BCUT2D eigenvalue weighted by atomic mass is 35.5. The second-order valence-corrected chi connectivity index (χ2v) is 10.5. The van der Waals surface area contributed by atoms with Crippen molar-refractivity contribution in [1.29, 1.82) is 0 Å². The van der Waals surface area contributed by atoms with Crippen LogP contribution in [0.1, 0.15) is 59.9 Å². The Morgan fingerprint density at radius 1 is 0.973 bits per heavy atom. The van der Waals surface area contributed by atoms with Gasteiger partial charge in [-0.2, -0.15) is 13.2 Å². The van der Waals surface area contributed by atoms with Crippen molar-refractivity contribution in [3.8, 4) is 5.69 Å². The van der Waals surface area contributed by atoms with Crippen LogP contribution >= 0.6 is 11.6 Å². The lowest BCUT2D eigenvalue weighted by Gasteiger charge is -2.35. The molecule has 2 aromatic carbocycles. The Kier molecular flexibility index (Phi) is 6.03. The Balaban J connectivity index is 1.29. The number of hydrogen-bond donors (Lipinski definition) is 0. The van der Waals surface area contributed by atoms with Gasteiger partial charge in [-0.1, -0.05) is 24.3 Å². The molecule has 1 saturated carbocycles. The third-order valence-corrected chi connectivity index (χ3v) is 7.91. The summed E-state index contributed by atoms with van der Waals surface area (Å²) < 4.78 is 57.0. The standard InChI is InChI=1S/C27H26ClF4N5/c1-2-20-23(8-6-21(29)25(20)27(30,31)32)35-11-9-16(10-12-35)26-34-33-24-15-36(19-4-5-19)14-17-13-18(28)3-7-22(17)37(24)26/h2-3,6-8,13,16,19H,1,4-5,9-12,14-15H2. The van der Waals surface area contributed by atoms with E-state index in [1.54, 1.807) is 0 Å². The monoisotopic (exact) mass is 531 g/mol. The van der Waals surface area contributed by atoms with Crippen LogP contribution in [0.15, 0.2) is 36.9 Å². The molecule has 3 heterocycles. The lowest BCUT2D eigenvalue weighted by atomic mass is 9.94. The van der Waals surface area contributed by atoms with Gasteiger partial charge in [-0.05, 0) is 61.6 Å². The van der Waals surface area contributed by atoms with Crippen molar-refractivity contribution in [3.05, 3.63) is 76.1 Å². The maximum absolute atomic E-state index is 14.1. The van der Waals surface area contributed by atoms with Crippen molar-refractivity contribution in [2.45, 2.75) is 56.9 Å². The first-order valence-corrected chi connectivity index (χ1v) is 12.9. The van der Waals surface area contributed by atoms with Gasteiger partial charge in [0.25, 0.3) is 0 Å². The maximum atomic E-state index is 14.1. The van der Waals surface area contributed by atoms with Crippen LogP contribution in [0.25, 0.3) is 11.8 Å². The summed E-state index contributed by atoms with van der Waals surface area (Å²) in [7, 11) is 0. The molecule has 0 unspecified atom stereocenters. The highest BCUT2D eigenvalue weighted by Gasteiger charge is 2.39. The number of piperidine rings is 1. The van der Waals surface area contributed by atoms with Crippen molar-refractivity contribution < 1.29 is 17.6 Å². The van der Waals surface area contributed by atoms with Gasteiger partial charge in [0.05, 0.1) is 12.2 Å². The predicted octanol–water partition coefficient (Wildman–Crippen LogP) is 6.58. The second kappa shape index (κ2) is 9.13. The summed E-state index contributed by atoms with van der Waals surface area (Å²) in [4.78, 5) is 4.31. The van der Waals surface area contributed by atoms with Gasteiger partial charge in [0, 0.05) is 47.9 Å². The van der Waals surface area contributed by atoms with E-state index in [4.69, 9.17) is 11.6 Å². The van der Waals surface area contributed by atoms with Crippen LogP contribution < -0.4 is 4.90 Å². The molecule has 0 spiro atoms. The fourth-order valence-corrected chi connectivity index (χ4v) is 5.94. The number of rotatable bonds is 4. The number of fused-ring (bicyclic) bond motifs is 3. The lowest BCUT2D eigenvalue weighted by Crippen LogP contribution is -2.34. The van der Waals surface area contributed by atoms with Gasteiger partial charge in [0.1, 0.15) is 17.2 Å². The van der Waals surface area contributed by atoms with Gasteiger partial charge in [0.2, 0.25) is 0 Å². The SMILES string of the molecule is C=Cc1c(N2CCC(c3nnc4n3-c3ccc(Cl)cc3CN(C3CC3)C4)CC2)ccc(F)c1C(F)(F)F. The van der Waals surface area contributed by atoms with Gasteiger partial charge in [-0.3, -0.25) is 9.47 Å². The average molecular weight is 532 g/mol.